The first kappa shape index (κ1) is 20.4. The first-order valence-electron chi connectivity index (χ1n) is 8.22. The van der Waals surface area contributed by atoms with E-state index in [9.17, 15) is 4.79 Å². The van der Waals surface area contributed by atoms with E-state index >= 15 is 0 Å². The van der Waals surface area contributed by atoms with Crippen molar-refractivity contribution in [1.82, 2.24) is 5.32 Å². The number of hydrogen-bond donors (Lipinski definition) is 2. The molecule has 0 fully saturated rings. The molecule has 5 nitrogen and oxygen atoms in total. The van der Waals surface area contributed by atoms with E-state index in [0.717, 1.165) is 33.6 Å². The highest BCUT2D eigenvalue weighted by Gasteiger charge is 2.10. The largest absolute Gasteiger partial charge is 0.496 e. The molecule has 2 aromatic carbocycles. The van der Waals surface area contributed by atoms with Gasteiger partial charge in [-0.05, 0) is 83.7 Å². The molecule has 0 aromatic heterocycles. The van der Waals surface area contributed by atoms with Crippen LogP contribution < -0.4 is 20.1 Å². The molecule has 0 unspecified atom stereocenters. The SMILES string of the molecule is CCCCOc1ccc(NC(=S)NC(=O)c2ccc(OC)c(I)c2)cc1. The molecule has 0 aliphatic rings. The first-order chi connectivity index (χ1) is 12.5. The van der Waals surface area contributed by atoms with Crippen LogP contribution in [0.5, 0.6) is 11.5 Å². The van der Waals surface area contributed by atoms with E-state index in [1.807, 2.05) is 24.3 Å². The second kappa shape index (κ2) is 10.3. The van der Waals surface area contributed by atoms with Gasteiger partial charge in [-0.3, -0.25) is 10.1 Å². The van der Waals surface area contributed by atoms with Crippen molar-refractivity contribution in [1.29, 1.82) is 0 Å². The fraction of sp³-hybridized carbons (Fsp3) is 0.263. The lowest BCUT2D eigenvalue weighted by molar-refractivity contribution is 0.0977. The number of hydrogen-bond acceptors (Lipinski definition) is 4. The Balaban J connectivity index is 1.89. The number of methoxy groups -OCH3 is 1. The summed E-state index contributed by atoms with van der Waals surface area (Å²) in [7, 11) is 1.59. The highest BCUT2D eigenvalue weighted by Crippen LogP contribution is 2.21. The van der Waals surface area contributed by atoms with E-state index in [0.29, 0.717) is 12.2 Å². The number of thiocarbonyl (C=S) groups is 1. The molecule has 0 heterocycles. The number of nitrogens with one attached hydrogen (secondary N) is 2. The van der Waals surface area contributed by atoms with E-state index in [1.165, 1.54) is 0 Å². The van der Waals surface area contributed by atoms with Crippen LogP contribution in [0.4, 0.5) is 5.69 Å². The van der Waals surface area contributed by atoms with Gasteiger partial charge in [-0.1, -0.05) is 13.3 Å². The van der Waals surface area contributed by atoms with E-state index < -0.39 is 0 Å². The summed E-state index contributed by atoms with van der Waals surface area (Å²) in [4.78, 5) is 12.3. The van der Waals surface area contributed by atoms with E-state index in [4.69, 9.17) is 21.7 Å². The van der Waals surface area contributed by atoms with Crippen molar-refractivity contribution in [3.05, 3.63) is 51.6 Å². The summed E-state index contributed by atoms with van der Waals surface area (Å²) in [6.45, 7) is 2.83. The average Bonchev–Trinajstić information content (AvgIpc) is 2.63. The number of halogens is 1. The molecule has 2 rings (SSSR count). The molecule has 1 amide bonds. The molecule has 0 bridgehead atoms. The molecule has 26 heavy (non-hydrogen) atoms. The van der Waals surface area contributed by atoms with E-state index in [-0.39, 0.29) is 11.0 Å². The second-order valence-electron chi connectivity index (χ2n) is 5.48. The van der Waals surface area contributed by atoms with Gasteiger partial charge in [-0.15, -0.1) is 0 Å². The Hall–Kier alpha value is -1.87. The Kier molecular flexibility index (Phi) is 8.11. The maximum atomic E-state index is 12.3. The van der Waals surface area contributed by atoms with Crippen molar-refractivity contribution in [3.63, 3.8) is 0 Å². The van der Waals surface area contributed by atoms with Crippen LogP contribution in [-0.4, -0.2) is 24.7 Å². The third-order valence-electron chi connectivity index (χ3n) is 3.52. The van der Waals surface area contributed by atoms with Gasteiger partial charge in [0, 0.05) is 11.3 Å². The highest BCUT2D eigenvalue weighted by atomic mass is 127. The van der Waals surface area contributed by atoms with Gasteiger partial charge in [-0.2, -0.15) is 0 Å². The van der Waals surface area contributed by atoms with Crippen molar-refractivity contribution in [2.24, 2.45) is 0 Å². The van der Waals surface area contributed by atoms with Crippen molar-refractivity contribution >= 4 is 51.5 Å². The molecule has 0 atom stereocenters. The number of carbonyl (C=O) groups excluding carboxylic acids is 1. The monoisotopic (exact) mass is 484 g/mol. The molecule has 138 valence electrons. The lowest BCUT2D eigenvalue weighted by Crippen LogP contribution is -2.34. The zero-order valence-corrected chi connectivity index (χ0v) is 17.6. The number of rotatable bonds is 7. The molecule has 0 saturated heterocycles. The van der Waals surface area contributed by atoms with Crippen molar-refractivity contribution < 1.29 is 14.3 Å². The molecule has 0 saturated carbocycles. The molecule has 0 aliphatic carbocycles. The summed E-state index contributed by atoms with van der Waals surface area (Å²) in [5.41, 5.74) is 1.29. The average molecular weight is 484 g/mol. The fourth-order valence-corrected chi connectivity index (χ4v) is 3.06. The van der Waals surface area contributed by atoms with Crippen LogP contribution in [0.25, 0.3) is 0 Å². The number of carbonyl (C=O) groups is 1. The number of unbranched alkanes of at least 4 members (excludes halogenated alkanes) is 1. The highest BCUT2D eigenvalue weighted by molar-refractivity contribution is 14.1. The molecule has 2 N–H and O–H groups in total. The molecule has 2 aromatic rings. The van der Waals surface area contributed by atoms with Gasteiger partial charge < -0.3 is 14.8 Å². The maximum absolute atomic E-state index is 12.3. The quantitative estimate of drug-likeness (QED) is 0.342. The van der Waals surface area contributed by atoms with Gasteiger partial charge in [0.1, 0.15) is 11.5 Å². The van der Waals surface area contributed by atoms with Crippen LogP contribution in [0, 0.1) is 3.57 Å². The molecule has 7 heteroatoms. The standard InChI is InChI=1S/C19H21IN2O3S/c1-3-4-11-25-15-8-6-14(7-9-15)21-19(26)22-18(23)13-5-10-17(24-2)16(20)12-13/h5-10,12H,3-4,11H2,1-2H3,(H2,21,22,23,26). The van der Waals surface area contributed by atoms with Crippen LogP contribution in [0.2, 0.25) is 0 Å². The Morgan fingerprint density at radius 1 is 1.19 bits per heavy atom. The Labute approximate surface area is 172 Å². The third kappa shape index (κ3) is 6.14. The minimum atomic E-state index is -0.275. The minimum absolute atomic E-state index is 0.237. The number of anilines is 1. The number of amides is 1. The number of ether oxygens (including phenoxy) is 2. The zero-order chi connectivity index (χ0) is 18.9. The summed E-state index contributed by atoms with van der Waals surface area (Å²) in [5, 5.41) is 5.90. The predicted octanol–water partition coefficient (Wildman–Crippen LogP) is 4.61. The topological polar surface area (TPSA) is 59.6 Å². The van der Waals surface area contributed by atoms with Crippen molar-refractivity contribution in [2.75, 3.05) is 19.0 Å². The van der Waals surface area contributed by atoms with Gasteiger partial charge in [0.25, 0.3) is 5.91 Å². The third-order valence-corrected chi connectivity index (χ3v) is 4.57. The van der Waals surface area contributed by atoms with E-state index in [2.05, 4.69) is 40.1 Å². The van der Waals surface area contributed by atoms with Gasteiger partial charge in [0.15, 0.2) is 5.11 Å². The summed E-state index contributed by atoms with van der Waals surface area (Å²) in [6, 6.07) is 12.7. The molecule has 0 spiro atoms. The Bertz CT molecular complexity index is 766. The van der Waals surface area contributed by atoms with Crippen LogP contribution in [0.15, 0.2) is 42.5 Å². The smallest absolute Gasteiger partial charge is 0.257 e. The van der Waals surface area contributed by atoms with E-state index in [1.54, 1.807) is 25.3 Å². The first-order valence-corrected chi connectivity index (χ1v) is 9.71. The zero-order valence-electron chi connectivity index (χ0n) is 14.7. The van der Waals surface area contributed by atoms with Gasteiger partial charge in [-0.25, -0.2) is 0 Å². The normalized spacial score (nSPS) is 10.1. The van der Waals surface area contributed by atoms with Gasteiger partial charge in [0.2, 0.25) is 0 Å². The molecule has 0 aliphatic heterocycles. The van der Waals surface area contributed by atoms with Crippen LogP contribution in [0.3, 0.4) is 0 Å². The summed E-state index contributed by atoms with van der Waals surface area (Å²) < 4.78 is 11.7. The van der Waals surface area contributed by atoms with Gasteiger partial charge in [0.05, 0.1) is 17.3 Å². The van der Waals surface area contributed by atoms with Crippen LogP contribution in [0.1, 0.15) is 30.1 Å². The Morgan fingerprint density at radius 3 is 2.54 bits per heavy atom. The lowest BCUT2D eigenvalue weighted by atomic mass is 10.2. The summed E-state index contributed by atoms with van der Waals surface area (Å²) in [5.74, 6) is 1.26. The van der Waals surface area contributed by atoms with Crippen molar-refractivity contribution in [3.8, 4) is 11.5 Å². The Morgan fingerprint density at radius 2 is 1.92 bits per heavy atom. The summed E-state index contributed by atoms with van der Waals surface area (Å²) in [6.07, 6.45) is 2.13. The maximum Gasteiger partial charge on any atom is 0.257 e. The van der Waals surface area contributed by atoms with Gasteiger partial charge >= 0.3 is 0 Å². The van der Waals surface area contributed by atoms with Crippen LogP contribution >= 0.6 is 34.8 Å². The number of benzene rings is 2. The van der Waals surface area contributed by atoms with Crippen molar-refractivity contribution in [2.45, 2.75) is 19.8 Å². The fourth-order valence-electron chi connectivity index (χ4n) is 2.11. The molecule has 0 radical (unpaired) electrons. The minimum Gasteiger partial charge on any atom is -0.496 e. The predicted molar refractivity (Wildman–Crippen MR) is 116 cm³/mol. The lowest BCUT2D eigenvalue weighted by Gasteiger charge is -2.11. The molecular formula is C19H21IN2O3S. The second-order valence-corrected chi connectivity index (χ2v) is 7.05. The molecular weight excluding hydrogens is 463 g/mol. The summed E-state index contributed by atoms with van der Waals surface area (Å²) >= 11 is 7.33. The van der Waals surface area contributed by atoms with Crippen LogP contribution in [-0.2, 0) is 0 Å².